The second-order valence-electron chi connectivity index (χ2n) is 4.78. The van der Waals surface area contributed by atoms with Gasteiger partial charge < -0.3 is 20.6 Å². The summed E-state index contributed by atoms with van der Waals surface area (Å²) in [6.45, 7) is 3.85. The number of benzene rings is 1. The molecule has 1 fully saturated rings. The second kappa shape index (κ2) is 6.78. The van der Waals surface area contributed by atoms with Crippen molar-refractivity contribution in [3.63, 3.8) is 0 Å². The zero-order valence-electron chi connectivity index (χ0n) is 11.7. The molecule has 1 aromatic carbocycles. The van der Waals surface area contributed by atoms with Crippen LogP contribution in [0.2, 0.25) is 5.02 Å². The number of carbonyl (C=O) groups excluding carboxylic acids is 2. The standard InChI is InChI=1S/C14H18ClN3O3/c1-2-17-13(20)11-8-16-5-6-18(11)14(21)9-3-4-12(19)10(15)7-9/h3-4,7,11,16,19H,2,5-6,8H2,1H3,(H,17,20). The molecule has 1 heterocycles. The number of carbonyl (C=O) groups is 2. The largest absolute Gasteiger partial charge is 0.506 e. The molecule has 21 heavy (non-hydrogen) atoms. The molecule has 3 N–H and O–H groups in total. The Morgan fingerprint density at radius 1 is 1.52 bits per heavy atom. The monoisotopic (exact) mass is 311 g/mol. The third-order valence-corrected chi connectivity index (χ3v) is 3.66. The van der Waals surface area contributed by atoms with Gasteiger partial charge in [-0.05, 0) is 25.1 Å². The van der Waals surface area contributed by atoms with E-state index < -0.39 is 6.04 Å². The number of piperazine rings is 1. The minimum absolute atomic E-state index is 0.0752. The minimum Gasteiger partial charge on any atom is -0.506 e. The highest BCUT2D eigenvalue weighted by molar-refractivity contribution is 6.32. The molecule has 2 rings (SSSR count). The van der Waals surface area contributed by atoms with Gasteiger partial charge in [0.1, 0.15) is 11.8 Å². The molecule has 1 saturated heterocycles. The number of rotatable bonds is 3. The fourth-order valence-corrected chi connectivity index (χ4v) is 2.46. The highest BCUT2D eigenvalue weighted by atomic mass is 35.5. The number of nitrogens with zero attached hydrogens (tertiary/aromatic N) is 1. The van der Waals surface area contributed by atoms with E-state index in [1.165, 1.54) is 23.1 Å². The van der Waals surface area contributed by atoms with E-state index in [1.54, 1.807) is 0 Å². The molecule has 7 heteroatoms. The second-order valence-corrected chi connectivity index (χ2v) is 5.19. The summed E-state index contributed by atoms with van der Waals surface area (Å²) in [5.41, 5.74) is 0.356. The summed E-state index contributed by atoms with van der Waals surface area (Å²) in [6, 6.07) is 3.74. The Morgan fingerprint density at radius 3 is 2.95 bits per heavy atom. The Morgan fingerprint density at radius 2 is 2.29 bits per heavy atom. The lowest BCUT2D eigenvalue weighted by Crippen LogP contribution is -2.59. The van der Waals surface area contributed by atoms with E-state index >= 15 is 0 Å². The summed E-state index contributed by atoms with van der Waals surface area (Å²) in [5.74, 6) is -0.522. The number of amides is 2. The molecule has 0 aliphatic carbocycles. The van der Waals surface area contributed by atoms with E-state index in [1.807, 2.05) is 6.92 Å². The maximum absolute atomic E-state index is 12.6. The van der Waals surface area contributed by atoms with E-state index in [2.05, 4.69) is 10.6 Å². The summed E-state index contributed by atoms with van der Waals surface area (Å²) < 4.78 is 0. The summed E-state index contributed by atoms with van der Waals surface area (Å²) in [7, 11) is 0. The Hall–Kier alpha value is -1.79. The lowest BCUT2D eigenvalue weighted by molar-refractivity contribution is -0.126. The molecule has 1 aliphatic heterocycles. The van der Waals surface area contributed by atoms with Crippen molar-refractivity contribution in [1.29, 1.82) is 0 Å². The molecule has 6 nitrogen and oxygen atoms in total. The first kappa shape index (κ1) is 15.6. The summed E-state index contributed by atoms with van der Waals surface area (Å²) in [6.07, 6.45) is 0. The van der Waals surface area contributed by atoms with Crippen LogP contribution in [0.15, 0.2) is 18.2 Å². The molecule has 0 saturated carbocycles. The number of halogens is 1. The van der Waals surface area contributed by atoms with Crippen LogP contribution in [0.1, 0.15) is 17.3 Å². The molecule has 0 aromatic heterocycles. The maximum Gasteiger partial charge on any atom is 0.254 e. The van der Waals surface area contributed by atoms with Crippen LogP contribution in [0.3, 0.4) is 0 Å². The number of phenolic OH excluding ortho intramolecular Hbond substituents is 1. The fraction of sp³-hybridized carbons (Fsp3) is 0.429. The van der Waals surface area contributed by atoms with Crippen molar-refractivity contribution in [3.8, 4) is 5.75 Å². The number of nitrogens with one attached hydrogen (secondary N) is 2. The maximum atomic E-state index is 12.6. The molecule has 1 unspecified atom stereocenters. The molecular weight excluding hydrogens is 294 g/mol. The lowest BCUT2D eigenvalue weighted by Gasteiger charge is -2.35. The van der Waals surface area contributed by atoms with Crippen molar-refractivity contribution < 1.29 is 14.7 Å². The SMILES string of the molecule is CCNC(=O)C1CNCCN1C(=O)c1ccc(O)c(Cl)c1. The van der Waals surface area contributed by atoms with Crippen molar-refractivity contribution in [1.82, 2.24) is 15.5 Å². The average molecular weight is 312 g/mol. The van der Waals surface area contributed by atoms with Crippen LogP contribution in [0.4, 0.5) is 0 Å². The van der Waals surface area contributed by atoms with Gasteiger partial charge in [0.05, 0.1) is 5.02 Å². The average Bonchev–Trinajstić information content (AvgIpc) is 2.49. The third-order valence-electron chi connectivity index (χ3n) is 3.35. The van der Waals surface area contributed by atoms with Crippen LogP contribution in [0.5, 0.6) is 5.75 Å². The van der Waals surface area contributed by atoms with E-state index in [4.69, 9.17) is 11.6 Å². The first-order chi connectivity index (χ1) is 10.0. The molecule has 1 aromatic rings. The van der Waals surface area contributed by atoms with Crippen molar-refractivity contribution in [2.75, 3.05) is 26.2 Å². The molecule has 2 amide bonds. The zero-order chi connectivity index (χ0) is 15.4. The van der Waals surface area contributed by atoms with Gasteiger partial charge in [-0.15, -0.1) is 0 Å². The molecular formula is C14H18ClN3O3. The summed E-state index contributed by atoms with van der Waals surface area (Å²) in [4.78, 5) is 26.1. The molecule has 0 radical (unpaired) electrons. The van der Waals surface area contributed by atoms with Crippen LogP contribution < -0.4 is 10.6 Å². The third kappa shape index (κ3) is 3.46. The predicted molar refractivity (Wildman–Crippen MR) is 79.5 cm³/mol. The number of likely N-dealkylation sites (N-methyl/N-ethyl adjacent to an activating group) is 1. The number of hydrogen-bond acceptors (Lipinski definition) is 4. The Bertz CT molecular complexity index is 550. The summed E-state index contributed by atoms with van der Waals surface area (Å²) in [5, 5.41) is 15.4. The quantitative estimate of drug-likeness (QED) is 0.763. The van der Waals surface area contributed by atoms with Crippen LogP contribution >= 0.6 is 11.6 Å². The van der Waals surface area contributed by atoms with Crippen LogP contribution in [0, 0.1) is 0 Å². The lowest BCUT2D eigenvalue weighted by atomic mass is 10.1. The normalized spacial score (nSPS) is 18.4. The van der Waals surface area contributed by atoms with Gasteiger partial charge >= 0.3 is 0 Å². The predicted octanol–water partition coefficient (Wildman–Crippen LogP) is 0.596. The van der Waals surface area contributed by atoms with Gasteiger partial charge in [-0.3, -0.25) is 9.59 Å². The van der Waals surface area contributed by atoms with Gasteiger partial charge in [0, 0.05) is 31.7 Å². The van der Waals surface area contributed by atoms with Crippen molar-refractivity contribution in [3.05, 3.63) is 28.8 Å². The number of hydrogen-bond donors (Lipinski definition) is 3. The van der Waals surface area contributed by atoms with Gasteiger partial charge in [0.15, 0.2) is 0 Å². The molecule has 114 valence electrons. The van der Waals surface area contributed by atoms with Crippen molar-refractivity contribution in [2.45, 2.75) is 13.0 Å². The Labute approximate surface area is 128 Å². The van der Waals surface area contributed by atoms with Crippen LogP contribution in [0.25, 0.3) is 0 Å². The van der Waals surface area contributed by atoms with Gasteiger partial charge in [-0.2, -0.15) is 0 Å². The van der Waals surface area contributed by atoms with E-state index in [9.17, 15) is 14.7 Å². The minimum atomic E-state index is -0.543. The molecule has 0 bridgehead atoms. The molecule has 1 atom stereocenters. The van der Waals surface area contributed by atoms with E-state index in [0.717, 1.165) is 0 Å². The zero-order valence-corrected chi connectivity index (χ0v) is 12.5. The molecule has 1 aliphatic rings. The highest BCUT2D eigenvalue weighted by Gasteiger charge is 2.32. The smallest absolute Gasteiger partial charge is 0.254 e. The van der Waals surface area contributed by atoms with Gasteiger partial charge in [0.25, 0.3) is 5.91 Å². The van der Waals surface area contributed by atoms with Gasteiger partial charge in [-0.25, -0.2) is 0 Å². The van der Waals surface area contributed by atoms with Crippen molar-refractivity contribution in [2.24, 2.45) is 0 Å². The summed E-state index contributed by atoms with van der Waals surface area (Å²) >= 11 is 5.83. The Kier molecular flexibility index (Phi) is 5.03. The van der Waals surface area contributed by atoms with E-state index in [0.29, 0.717) is 31.7 Å². The number of aromatic hydroxyl groups is 1. The molecule has 0 spiro atoms. The van der Waals surface area contributed by atoms with Gasteiger partial charge in [-0.1, -0.05) is 11.6 Å². The first-order valence-corrected chi connectivity index (χ1v) is 7.20. The van der Waals surface area contributed by atoms with Gasteiger partial charge in [0.2, 0.25) is 5.91 Å². The highest BCUT2D eigenvalue weighted by Crippen LogP contribution is 2.24. The fourth-order valence-electron chi connectivity index (χ4n) is 2.28. The van der Waals surface area contributed by atoms with Crippen LogP contribution in [-0.4, -0.2) is 54.0 Å². The number of phenols is 1. The Balaban J connectivity index is 2.21. The van der Waals surface area contributed by atoms with E-state index in [-0.39, 0.29) is 22.6 Å². The topological polar surface area (TPSA) is 81.7 Å². The van der Waals surface area contributed by atoms with Crippen LogP contribution in [-0.2, 0) is 4.79 Å². The van der Waals surface area contributed by atoms with Crippen molar-refractivity contribution >= 4 is 23.4 Å². The first-order valence-electron chi connectivity index (χ1n) is 6.82.